The van der Waals surface area contributed by atoms with Gasteiger partial charge >= 0.3 is 5.97 Å². The Balaban J connectivity index is 2.36. The summed E-state index contributed by atoms with van der Waals surface area (Å²) in [5, 5.41) is 0. The highest BCUT2D eigenvalue weighted by molar-refractivity contribution is 5.94. The van der Waals surface area contributed by atoms with Gasteiger partial charge in [0.05, 0.1) is 27.9 Å². The minimum atomic E-state index is -0.342. The van der Waals surface area contributed by atoms with E-state index < -0.39 is 0 Å². The molecule has 0 radical (unpaired) electrons. The van der Waals surface area contributed by atoms with E-state index in [1.165, 1.54) is 0 Å². The van der Waals surface area contributed by atoms with Crippen molar-refractivity contribution in [3.8, 4) is 17.2 Å². The maximum Gasteiger partial charge on any atom is 0.334 e. The summed E-state index contributed by atoms with van der Waals surface area (Å²) in [7, 11) is 4.78. The van der Waals surface area contributed by atoms with Crippen molar-refractivity contribution < 1.29 is 23.7 Å². The van der Waals surface area contributed by atoms with E-state index in [0.29, 0.717) is 30.1 Å². The van der Waals surface area contributed by atoms with Gasteiger partial charge in [-0.05, 0) is 48.4 Å². The van der Waals surface area contributed by atoms with Gasteiger partial charge in [0, 0.05) is 12.0 Å². The first kappa shape index (κ1) is 19.4. The first-order chi connectivity index (χ1) is 12.6. The highest BCUT2D eigenvalue weighted by atomic mass is 16.5. The van der Waals surface area contributed by atoms with Crippen molar-refractivity contribution in [2.75, 3.05) is 27.9 Å². The molecule has 138 valence electrons. The predicted molar refractivity (Wildman–Crippen MR) is 101 cm³/mol. The third-order valence-corrected chi connectivity index (χ3v) is 3.81. The monoisotopic (exact) mass is 356 g/mol. The Labute approximate surface area is 154 Å². The van der Waals surface area contributed by atoms with E-state index in [-0.39, 0.29) is 5.97 Å². The van der Waals surface area contributed by atoms with Gasteiger partial charge in [0.2, 0.25) is 0 Å². The average Bonchev–Trinajstić information content (AvgIpc) is 2.67. The van der Waals surface area contributed by atoms with E-state index in [0.717, 1.165) is 16.9 Å². The molecule has 0 aliphatic carbocycles. The number of ether oxygens (including phenoxy) is 4. The molecule has 0 atom stereocenters. The molecule has 2 aromatic rings. The second kappa shape index (κ2) is 9.51. The fraction of sp³-hybridized carbons (Fsp3) is 0.286. The van der Waals surface area contributed by atoms with Crippen LogP contribution < -0.4 is 14.2 Å². The SMILES string of the molecule is CCOC(=O)/C(=C\c1cccc(OC)c1)Cc1ccc(OC)c(OC)c1. The Morgan fingerprint density at radius 2 is 1.73 bits per heavy atom. The van der Waals surface area contributed by atoms with E-state index in [2.05, 4.69) is 0 Å². The number of carbonyl (C=O) groups is 1. The summed E-state index contributed by atoms with van der Waals surface area (Å²) in [6.07, 6.45) is 2.23. The van der Waals surface area contributed by atoms with Crippen molar-refractivity contribution in [1.82, 2.24) is 0 Å². The van der Waals surface area contributed by atoms with Crippen molar-refractivity contribution in [2.45, 2.75) is 13.3 Å². The summed E-state index contributed by atoms with van der Waals surface area (Å²) in [4.78, 5) is 12.4. The van der Waals surface area contributed by atoms with Crippen LogP contribution in [-0.2, 0) is 16.0 Å². The number of carbonyl (C=O) groups excluding carboxylic acids is 1. The molecule has 0 bridgehead atoms. The molecule has 0 spiro atoms. The van der Waals surface area contributed by atoms with Crippen LogP contribution in [-0.4, -0.2) is 33.9 Å². The molecule has 0 N–H and O–H groups in total. The summed E-state index contributed by atoms with van der Waals surface area (Å²) in [6, 6.07) is 13.1. The molecule has 5 nitrogen and oxygen atoms in total. The molecule has 0 aromatic heterocycles. The van der Waals surface area contributed by atoms with Gasteiger partial charge in [-0.3, -0.25) is 0 Å². The van der Waals surface area contributed by atoms with Gasteiger partial charge in [0.15, 0.2) is 11.5 Å². The van der Waals surface area contributed by atoms with Crippen LogP contribution in [0, 0.1) is 0 Å². The summed E-state index contributed by atoms with van der Waals surface area (Å²) in [5.74, 6) is 1.65. The molecule has 0 fully saturated rings. The summed E-state index contributed by atoms with van der Waals surface area (Å²) in [5.41, 5.74) is 2.34. The van der Waals surface area contributed by atoms with Gasteiger partial charge in [-0.1, -0.05) is 18.2 Å². The molecular weight excluding hydrogens is 332 g/mol. The van der Waals surface area contributed by atoms with Crippen LogP contribution in [0.4, 0.5) is 0 Å². The Morgan fingerprint density at radius 3 is 2.38 bits per heavy atom. The van der Waals surface area contributed by atoms with Crippen molar-refractivity contribution in [3.63, 3.8) is 0 Å². The van der Waals surface area contributed by atoms with E-state index in [1.807, 2.05) is 48.5 Å². The Morgan fingerprint density at radius 1 is 0.962 bits per heavy atom. The van der Waals surface area contributed by atoms with Gasteiger partial charge < -0.3 is 18.9 Å². The van der Waals surface area contributed by atoms with Gasteiger partial charge in [-0.15, -0.1) is 0 Å². The summed E-state index contributed by atoms with van der Waals surface area (Å²) < 4.78 is 21.1. The summed E-state index contributed by atoms with van der Waals surface area (Å²) >= 11 is 0. The maximum absolute atomic E-state index is 12.4. The van der Waals surface area contributed by atoms with Gasteiger partial charge in [-0.2, -0.15) is 0 Å². The van der Waals surface area contributed by atoms with E-state index >= 15 is 0 Å². The lowest BCUT2D eigenvalue weighted by atomic mass is 10.0. The lowest BCUT2D eigenvalue weighted by Gasteiger charge is -2.11. The zero-order valence-corrected chi connectivity index (χ0v) is 15.6. The van der Waals surface area contributed by atoms with Crippen LogP contribution in [0.25, 0.3) is 6.08 Å². The molecule has 0 aliphatic rings. The van der Waals surface area contributed by atoms with Crippen molar-refractivity contribution in [1.29, 1.82) is 0 Å². The molecular formula is C21H24O5. The third-order valence-electron chi connectivity index (χ3n) is 3.81. The Bertz CT molecular complexity index is 780. The molecule has 26 heavy (non-hydrogen) atoms. The van der Waals surface area contributed by atoms with Crippen LogP contribution in [0.2, 0.25) is 0 Å². The molecule has 0 saturated carbocycles. The predicted octanol–water partition coefficient (Wildman–Crippen LogP) is 3.90. The van der Waals surface area contributed by atoms with Crippen molar-refractivity contribution >= 4 is 12.0 Å². The molecule has 0 amide bonds. The lowest BCUT2D eigenvalue weighted by Crippen LogP contribution is -2.10. The minimum Gasteiger partial charge on any atom is -0.497 e. The largest absolute Gasteiger partial charge is 0.497 e. The number of esters is 1. The van der Waals surface area contributed by atoms with E-state index in [4.69, 9.17) is 18.9 Å². The molecule has 5 heteroatoms. The molecule has 0 aliphatic heterocycles. The van der Waals surface area contributed by atoms with Crippen LogP contribution in [0.15, 0.2) is 48.0 Å². The maximum atomic E-state index is 12.4. The lowest BCUT2D eigenvalue weighted by molar-refractivity contribution is -0.138. The second-order valence-corrected chi connectivity index (χ2v) is 5.53. The number of hydrogen-bond acceptors (Lipinski definition) is 5. The average molecular weight is 356 g/mol. The fourth-order valence-electron chi connectivity index (χ4n) is 2.55. The van der Waals surface area contributed by atoms with E-state index in [9.17, 15) is 4.79 Å². The standard InChI is InChI=1S/C21H24O5/c1-5-26-21(22)17(11-15-7-6-8-18(13-15)23-2)12-16-9-10-19(24-3)20(14-16)25-4/h6-11,13-14H,5,12H2,1-4H3/b17-11-. The van der Waals surface area contributed by atoms with Crippen LogP contribution in [0.5, 0.6) is 17.2 Å². The molecule has 0 saturated heterocycles. The normalized spacial score (nSPS) is 11.0. The molecule has 0 heterocycles. The van der Waals surface area contributed by atoms with Gasteiger partial charge in [0.25, 0.3) is 0 Å². The zero-order valence-electron chi connectivity index (χ0n) is 15.6. The smallest absolute Gasteiger partial charge is 0.334 e. The number of rotatable bonds is 8. The Hall–Kier alpha value is -2.95. The van der Waals surface area contributed by atoms with Gasteiger partial charge in [0.1, 0.15) is 5.75 Å². The minimum absolute atomic E-state index is 0.320. The highest BCUT2D eigenvalue weighted by Crippen LogP contribution is 2.29. The van der Waals surface area contributed by atoms with Crippen molar-refractivity contribution in [2.24, 2.45) is 0 Å². The number of hydrogen-bond donors (Lipinski definition) is 0. The van der Waals surface area contributed by atoms with Crippen molar-refractivity contribution in [3.05, 3.63) is 59.2 Å². The number of methoxy groups -OCH3 is 3. The first-order valence-electron chi connectivity index (χ1n) is 8.34. The van der Waals surface area contributed by atoms with Crippen LogP contribution >= 0.6 is 0 Å². The highest BCUT2D eigenvalue weighted by Gasteiger charge is 2.14. The quantitative estimate of drug-likeness (QED) is 0.530. The van der Waals surface area contributed by atoms with E-state index in [1.54, 1.807) is 28.3 Å². The molecule has 2 rings (SSSR count). The number of benzene rings is 2. The zero-order chi connectivity index (χ0) is 18.9. The van der Waals surface area contributed by atoms with Gasteiger partial charge in [-0.25, -0.2) is 4.79 Å². The fourth-order valence-corrected chi connectivity index (χ4v) is 2.55. The third kappa shape index (κ3) is 5.02. The topological polar surface area (TPSA) is 54.0 Å². The molecule has 2 aromatic carbocycles. The second-order valence-electron chi connectivity index (χ2n) is 5.53. The summed E-state index contributed by atoms with van der Waals surface area (Å²) in [6.45, 7) is 2.11. The van der Waals surface area contributed by atoms with Crippen LogP contribution in [0.3, 0.4) is 0 Å². The van der Waals surface area contributed by atoms with Crippen LogP contribution in [0.1, 0.15) is 18.1 Å². The Kier molecular flexibility index (Phi) is 7.09. The molecule has 0 unspecified atom stereocenters. The first-order valence-corrected chi connectivity index (χ1v) is 8.34.